The molecule has 0 spiro atoms. The van der Waals surface area contributed by atoms with E-state index < -0.39 is 28.8 Å². The van der Waals surface area contributed by atoms with E-state index in [2.05, 4.69) is 0 Å². The van der Waals surface area contributed by atoms with Crippen LogP contribution < -0.4 is 0 Å². The summed E-state index contributed by atoms with van der Waals surface area (Å²) in [7, 11) is 0. The third-order valence-corrected chi connectivity index (χ3v) is 5.68. The minimum atomic E-state index is -1.73. The van der Waals surface area contributed by atoms with Gasteiger partial charge in [0.15, 0.2) is 5.78 Å². The number of carbonyl (C=O) groups excluding carboxylic acids is 2. The molecule has 0 aromatic rings. The molecule has 0 saturated heterocycles. The predicted molar refractivity (Wildman–Crippen MR) is 78.8 cm³/mol. The Bertz CT molecular complexity index is 604. The highest BCUT2D eigenvalue weighted by Crippen LogP contribution is 2.53. The maximum atomic E-state index is 12.5. The summed E-state index contributed by atoms with van der Waals surface area (Å²) in [6.45, 7) is 3.12. The van der Waals surface area contributed by atoms with Gasteiger partial charge in [0.25, 0.3) is 0 Å². The van der Waals surface area contributed by atoms with Crippen LogP contribution in [0.5, 0.6) is 0 Å². The molecule has 1 saturated carbocycles. The van der Waals surface area contributed by atoms with Crippen LogP contribution in [0.3, 0.4) is 0 Å². The van der Waals surface area contributed by atoms with E-state index in [1.807, 2.05) is 0 Å². The molecular formula is C17H22O5. The van der Waals surface area contributed by atoms with Gasteiger partial charge in [-0.25, -0.2) is 0 Å². The standard InChI is InChI=1S/C17H22O5/c1-9-3-14-16(21,15(9)20)7-11(8-18)5-12-6-13(19)4-10(2)17(12,14)22/h3,5,10,12,14,18,21-22H,4,6-8H2,1-2H3/t10-,12?,14?,16-,17-/m1/s1. The van der Waals surface area contributed by atoms with E-state index in [-0.39, 0.29) is 37.6 Å². The van der Waals surface area contributed by atoms with Gasteiger partial charge in [0.1, 0.15) is 11.4 Å². The Hall–Kier alpha value is -1.30. The van der Waals surface area contributed by atoms with E-state index in [1.165, 1.54) is 0 Å². The topological polar surface area (TPSA) is 94.8 Å². The average Bonchev–Trinajstić information content (AvgIpc) is 2.62. The molecule has 3 aliphatic carbocycles. The van der Waals surface area contributed by atoms with Crippen molar-refractivity contribution < 1.29 is 24.9 Å². The Morgan fingerprint density at radius 3 is 2.55 bits per heavy atom. The molecule has 0 radical (unpaired) electrons. The van der Waals surface area contributed by atoms with Crippen molar-refractivity contribution in [1.29, 1.82) is 0 Å². The monoisotopic (exact) mass is 306 g/mol. The molecule has 3 aliphatic rings. The van der Waals surface area contributed by atoms with Gasteiger partial charge in [-0.1, -0.05) is 19.1 Å². The van der Waals surface area contributed by atoms with E-state index in [0.29, 0.717) is 11.1 Å². The largest absolute Gasteiger partial charge is 0.392 e. The van der Waals surface area contributed by atoms with Gasteiger partial charge < -0.3 is 15.3 Å². The number of aliphatic hydroxyl groups excluding tert-OH is 1. The number of ketones is 2. The molecular weight excluding hydrogens is 284 g/mol. The van der Waals surface area contributed by atoms with Crippen LogP contribution in [-0.2, 0) is 9.59 Å². The third kappa shape index (κ3) is 1.89. The van der Waals surface area contributed by atoms with E-state index in [4.69, 9.17) is 0 Å². The lowest BCUT2D eigenvalue weighted by Gasteiger charge is -2.48. The van der Waals surface area contributed by atoms with Crippen molar-refractivity contribution >= 4 is 11.6 Å². The normalized spacial score (nSPS) is 44.9. The summed E-state index contributed by atoms with van der Waals surface area (Å²) in [4.78, 5) is 24.4. The second kappa shape index (κ2) is 4.85. The Morgan fingerprint density at radius 1 is 1.23 bits per heavy atom. The highest BCUT2D eigenvalue weighted by atomic mass is 16.3. The van der Waals surface area contributed by atoms with Crippen LogP contribution in [0.4, 0.5) is 0 Å². The van der Waals surface area contributed by atoms with Crippen LogP contribution >= 0.6 is 0 Å². The lowest BCUT2D eigenvalue weighted by atomic mass is 9.60. The molecule has 120 valence electrons. The van der Waals surface area contributed by atoms with Gasteiger partial charge in [-0.15, -0.1) is 0 Å². The van der Waals surface area contributed by atoms with Crippen LogP contribution in [0.25, 0.3) is 0 Å². The summed E-state index contributed by atoms with van der Waals surface area (Å²) in [5.41, 5.74) is -2.14. The number of hydrogen-bond acceptors (Lipinski definition) is 5. The van der Waals surface area contributed by atoms with Crippen molar-refractivity contribution in [2.45, 2.75) is 44.3 Å². The molecule has 0 bridgehead atoms. The van der Waals surface area contributed by atoms with Crippen molar-refractivity contribution in [2.75, 3.05) is 6.61 Å². The zero-order valence-electron chi connectivity index (χ0n) is 12.9. The highest BCUT2D eigenvalue weighted by molar-refractivity contribution is 6.05. The summed E-state index contributed by atoms with van der Waals surface area (Å²) in [6, 6.07) is 0. The Morgan fingerprint density at radius 2 is 1.91 bits per heavy atom. The van der Waals surface area contributed by atoms with E-state index in [1.54, 1.807) is 26.0 Å². The summed E-state index contributed by atoms with van der Waals surface area (Å²) in [6.07, 6.45) is 3.76. The SMILES string of the molecule is CC1=CC2[C@]3(O)C(C=C(CO)C[C@]2(O)C1=O)CC(=O)C[C@H]3C. The summed E-state index contributed by atoms with van der Waals surface area (Å²) in [5.74, 6) is -1.93. The van der Waals surface area contributed by atoms with Gasteiger partial charge in [-0.3, -0.25) is 9.59 Å². The van der Waals surface area contributed by atoms with E-state index in [9.17, 15) is 24.9 Å². The van der Waals surface area contributed by atoms with Crippen LogP contribution in [0.1, 0.15) is 33.1 Å². The van der Waals surface area contributed by atoms with Crippen molar-refractivity contribution in [3.05, 3.63) is 23.3 Å². The smallest absolute Gasteiger partial charge is 0.190 e. The minimum absolute atomic E-state index is 0.000556. The van der Waals surface area contributed by atoms with Gasteiger partial charge in [0.2, 0.25) is 0 Å². The number of hydrogen-bond donors (Lipinski definition) is 3. The average molecular weight is 306 g/mol. The lowest BCUT2D eigenvalue weighted by Crippen LogP contribution is -2.59. The number of carbonyl (C=O) groups is 2. The molecule has 0 aromatic heterocycles. The van der Waals surface area contributed by atoms with Crippen molar-refractivity contribution in [1.82, 2.24) is 0 Å². The van der Waals surface area contributed by atoms with Crippen LogP contribution in [0.2, 0.25) is 0 Å². The molecule has 5 atom stereocenters. The molecule has 0 amide bonds. The first-order valence-corrected chi connectivity index (χ1v) is 7.73. The van der Waals surface area contributed by atoms with Crippen molar-refractivity contribution in [3.8, 4) is 0 Å². The minimum Gasteiger partial charge on any atom is -0.392 e. The second-order valence-corrected chi connectivity index (χ2v) is 7.08. The second-order valence-electron chi connectivity index (χ2n) is 7.08. The van der Waals surface area contributed by atoms with Gasteiger partial charge >= 0.3 is 0 Å². The number of aliphatic hydroxyl groups is 3. The maximum Gasteiger partial charge on any atom is 0.190 e. The molecule has 22 heavy (non-hydrogen) atoms. The first-order valence-electron chi connectivity index (χ1n) is 7.73. The third-order valence-electron chi connectivity index (χ3n) is 5.68. The summed E-state index contributed by atoms with van der Waals surface area (Å²) in [5, 5.41) is 32.0. The van der Waals surface area contributed by atoms with Crippen molar-refractivity contribution in [2.24, 2.45) is 17.8 Å². The van der Waals surface area contributed by atoms with Gasteiger partial charge in [0, 0.05) is 31.1 Å². The van der Waals surface area contributed by atoms with Crippen molar-refractivity contribution in [3.63, 3.8) is 0 Å². The van der Waals surface area contributed by atoms with E-state index in [0.717, 1.165) is 0 Å². The van der Waals surface area contributed by atoms with Gasteiger partial charge in [0.05, 0.1) is 12.2 Å². The number of rotatable bonds is 1. The molecule has 3 rings (SSSR count). The maximum absolute atomic E-state index is 12.5. The summed E-state index contributed by atoms with van der Waals surface area (Å²) < 4.78 is 0. The lowest BCUT2D eigenvalue weighted by molar-refractivity contribution is -0.170. The predicted octanol–water partition coefficient (Wildman–Crippen LogP) is 0.531. The molecule has 5 heteroatoms. The Kier molecular flexibility index (Phi) is 3.43. The molecule has 0 aliphatic heterocycles. The quantitative estimate of drug-likeness (QED) is 0.614. The fourth-order valence-corrected chi connectivity index (χ4v) is 4.54. The fourth-order valence-electron chi connectivity index (χ4n) is 4.54. The molecule has 0 aromatic carbocycles. The molecule has 1 fully saturated rings. The van der Waals surface area contributed by atoms with Crippen LogP contribution in [-0.4, -0.2) is 44.7 Å². The first kappa shape index (κ1) is 15.6. The molecule has 2 unspecified atom stereocenters. The van der Waals surface area contributed by atoms with E-state index >= 15 is 0 Å². The Labute approximate surface area is 129 Å². The Balaban J connectivity index is 2.18. The zero-order valence-corrected chi connectivity index (χ0v) is 12.9. The zero-order chi connectivity index (χ0) is 16.3. The van der Waals surface area contributed by atoms with Crippen LogP contribution in [0.15, 0.2) is 23.3 Å². The molecule has 3 N–H and O–H groups in total. The summed E-state index contributed by atoms with van der Waals surface area (Å²) >= 11 is 0. The fraction of sp³-hybridized carbons (Fsp3) is 0.647. The van der Waals surface area contributed by atoms with Gasteiger partial charge in [-0.2, -0.15) is 0 Å². The number of fused-ring (bicyclic) bond motifs is 3. The van der Waals surface area contributed by atoms with Gasteiger partial charge in [-0.05, 0) is 24.0 Å². The van der Waals surface area contributed by atoms with Crippen LogP contribution in [0, 0.1) is 17.8 Å². The number of Topliss-reactive ketones (excluding diaryl/α,β-unsaturated/α-hetero) is 2. The first-order chi connectivity index (χ1) is 10.2. The molecule has 0 heterocycles. The highest BCUT2D eigenvalue weighted by Gasteiger charge is 2.63. The molecule has 5 nitrogen and oxygen atoms in total.